The highest BCUT2D eigenvalue weighted by molar-refractivity contribution is 8.00. The van der Waals surface area contributed by atoms with E-state index in [1.54, 1.807) is 6.07 Å². The van der Waals surface area contributed by atoms with E-state index in [2.05, 4.69) is 16.0 Å². The number of thioether (sulfide) groups is 1. The van der Waals surface area contributed by atoms with Gasteiger partial charge in [0.15, 0.2) is 0 Å². The highest BCUT2D eigenvalue weighted by atomic mass is 32.2. The van der Waals surface area contributed by atoms with Crippen LogP contribution in [0, 0.1) is 0 Å². The van der Waals surface area contributed by atoms with E-state index in [0.717, 1.165) is 36.5 Å². The summed E-state index contributed by atoms with van der Waals surface area (Å²) in [5.74, 6) is 0.342. The lowest BCUT2D eigenvalue weighted by Gasteiger charge is -2.24. The van der Waals surface area contributed by atoms with E-state index in [1.165, 1.54) is 11.8 Å². The monoisotopic (exact) mass is 291 g/mol. The van der Waals surface area contributed by atoms with Crippen LogP contribution < -0.4 is 16.0 Å². The van der Waals surface area contributed by atoms with Gasteiger partial charge >= 0.3 is 0 Å². The lowest BCUT2D eigenvalue weighted by Crippen LogP contribution is -2.45. The first-order valence-electron chi connectivity index (χ1n) is 6.80. The first-order valence-corrected chi connectivity index (χ1v) is 7.79. The molecule has 0 spiro atoms. The molecular weight excluding hydrogens is 274 g/mol. The SMILES string of the molecule is O=C1CSc2ccc(C(=O)N[C@H]3CCCNC3)cc2N1. The predicted octanol–water partition coefficient (Wildman–Crippen LogP) is 1.21. The molecule has 3 rings (SSSR count). The Morgan fingerprint density at radius 3 is 3.10 bits per heavy atom. The van der Waals surface area contributed by atoms with Crippen LogP contribution in [0.1, 0.15) is 23.2 Å². The molecule has 1 saturated heterocycles. The first-order chi connectivity index (χ1) is 9.72. The maximum atomic E-state index is 12.2. The number of benzene rings is 1. The number of rotatable bonds is 2. The molecule has 2 aliphatic rings. The lowest BCUT2D eigenvalue weighted by atomic mass is 10.1. The average Bonchev–Trinajstić information content (AvgIpc) is 2.47. The standard InChI is InChI=1S/C14H17N3O2S/c18-13-8-20-12-4-3-9(6-11(12)17-13)14(19)16-10-2-1-5-15-7-10/h3-4,6,10,15H,1-2,5,7-8H2,(H,16,19)(H,17,18)/t10-/m0/s1. The second-order valence-corrected chi connectivity index (χ2v) is 6.08. The Morgan fingerprint density at radius 1 is 1.40 bits per heavy atom. The number of nitrogens with one attached hydrogen (secondary N) is 3. The molecule has 6 heteroatoms. The van der Waals surface area contributed by atoms with Crippen LogP contribution in [-0.2, 0) is 4.79 Å². The molecule has 1 aromatic rings. The summed E-state index contributed by atoms with van der Waals surface area (Å²) < 4.78 is 0. The molecule has 0 saturated carbocycles. The van der Waals surface area contributed by atoms with E-state index in [4.69, 9.17) is 0 Å². The van der Waals surface area contributed by atoms with Crippen molar-refractivity contribution in [1.82, 2.24) is 10.6 Å². The molecule has 1 atom stereocenters. The second-order valence-electron chi connectivity index (χ2n) is 5.06. The minimum absolute atomic E-state index is 0.0171. The number of piperidine rings is 1. The third-order valence-corrected chi connectivity index (χ3v) is 4.58. The molecule has 20 heavy (non-hydrogen) atoms. The molecule has 2 aliphatic heterocycles. The molecule has 106 valence electrons. The lowest BCUT2D eigenvalue weighted by molar-refractivity contribution is -0.113. The summed E-state index contributed by atoms with van der Waals surface area (Å²) in [6.45, 7) is 1.84. The Hall–Kier alpha value is -1.53. The van der Waals surface area contributed by atoms with Gasteiger partial charge in [0.25, 0.3) is 5.91 Å². The minimum atomic E-state index is -0.0775. The highest BCUT2D eigenvalue weighted by Crippen LogP contribution is 2.31. The summed E-state index contributed by atoms with van der Waals surface area (Å²) in [6, 6.07) is 5.66. The van der Waals surface area contributed by atoms with Crippen LogP contribution >= 0.6 is 11.8 Å². The van der Waals surface area contributed by atoms with Gasteiger partial charge in [-0.25, -0.2) is 0 Å². The van der Waals surface area contributed by atoms with Gasteiger partial charge in [0.1, 0.15) is 0 Å². The molecule has 1 fully saturated rings. The van der Waals surface area contributed by atoms with Gasteiger partial charge in [0, 0.05) is 23.0 Å². The molecule has 3 N–H and O–H groups in total. The van der Waals surface area contributed by atoms with Gasteiger partial charge in [0.05, 0.1) is 11.4 Å². The fraction of sp³-hybridized carbons (Fsp3) is 0.429. The largest absolute Gasteiger partial charge is 0.348 e. The minimum Gasteiger partial charge on any atom is -0.348 e. The summed E-state index contributed by atoms with van der Waals surface area (Å²) in [7, 11) is 0. The van der Waals surface area contributed by atoms with Gasteiger partial charge in [-0.3, -0.25) is 9.59 Å². The highest BCUT2D eigenvalue weighted by Gasteiger charge is 2.19. The summed E-state index contributed by atoms with van der Waals surface area (Å²) in [5.41, 5.74) is 1.33. The number of fused-ring (bicyclic) bond motifs is 1. The average molecular weight is 291 g/mol. The van der Waals surface area contributed by atoms with E-state index < -0.39 is 0 Å². The molecule has 5 nitrogen and oxygen atoms in total. The van der Waals surface area contributed by atoms with Gasteiger partial charge < -0.3 is 16.0 Å². The van der Waals surface area contributed by atoms with Gasteiger partial charge in [-0.1, -0.05) is 0 Å². The summed E-state index contributed by atoms with van der Waals surface area (Å²) in [4.78, 5) is 24.6. The Bertz CT molecular complexity index is 541. The van der Waals surface area contributed by atoms with Gasteiger partial charge in [-0.05, 0) is 37.6 Å². The van der Waals surface area contributed by atoms with E-state index in [-0.39, 0.29) is 17.9 Å². The zero-order chi connectivity index (χ0) is 13.9. The van der Waals surface area contributed by atoms with Crippen LogP contribution in [-0.4, -0.2) is 36.7 Å². The van der Waals surface area contributed by atoms with Crippen molar-refractivity contribution in [1.29, 1.82) is 0 Å². The van der Waals surface area contributed by atoms with Crippen LogP contribution in [0.4, 0.5) is 5.69 Å². The van der Waals surface area contributed by atoms with Crippen LogP contribution in [0.2, 0.25) is 0 Å². The maximum Gasteiger partial charge on any atom is 0.251 e. The summed E-state index contributed by atoms with van der Waals surface area (Å²) in [5, 5.41) is 9.11. The zero-order valence-corrected chi connectivity index (χ0v) is 11.9. The van der Waals surface area contributed by atoms with Crippen molar-refractivity contribution in [3.63, 3.8) is 0 Å². The Labute approximate surface area is 121 Å². The second kappa shape index (κ2) is 5.85. The van der Waals surface area contributed by atoms with Crippen LogP contribution in [0.15, 0.2) is 23.1 Å². The van der Waals surface area contributed by atoms with Crippen LogP contribution in [0.3, 0.4) is 0 Å². The number of carbonyl (C=O) groups excluding carboxylic acids is 2. The van der Waals surface area contributed by atoms with Crippen LogP contribution in [0.5, 0.6) is 0 Å². The summed E-state index contributed by atoms with van der Waals surface area (Å²) >= 11 is 1.50. The van der Waals surface area contributed by atoms with E-state index >= 15 is 0 Å². The molecule has 2 heterocycles. The smallest absolute Gasteiger partial charge is 0.251 e. The quantitative estimate of drug-likeness (QED) is 0.766. The molecule has 0 aromatic heterocycles. The van der Waals surface area contributed by atoms with E-state index in [1.807, 2.05) is 12.1 Å². The van der Waals surface area contributed by atoms with Crippen molar-refractivity contribution in [2.45, 2.75) is 23.8 Å². The predicted molar refractivity (Wildman–Crippen MR) is 79.2 cm³/mol. The van der Waals surface area contributed by atoms with Gasteiger partial charge in [-0.2, -0.15) is 0 Å². The number of anilines is 1. The Balaban J connectivity index is 1.71. The third-order valence-electron chi connectivity index (χ3n) is 3.51. The molecule has 2 amide bonds. The van der Waals surface area contributed by atoms with Crippen molar-refractivity contribution >= 4 is 29.3 Å². The normalized spacial score (nSPS) is 21.8. The Kier molecular flexibility index (Phi) is 3.93. The van der Waals surface area contributed by atoms with E-state index in [0.29, 0.717) is 11.3 Å². The Morgan fingerprint density at radius 2 is 2.30 bits per heavy atom. The van der Waals surface area contributed by atoms with Crippen LogP contribution in [0.25, 0.3) is 0 Å². The molecule has 1 aromatic carbocycles. The topological polar surface area (TPSA) is 70.2 Å². The van der Waals surface area contributed by atoms with Crippen molar-refractivity contribution in [3.8, 4) is 0 Å². The maximum absolute atomic E-state index is 12.2. The molecule has 0 unspecified atom stereocenters. The first kappa shape index (κ1) is 13.5. The fourth-order valence-electron chi connectivity index (χ4n) is 2.47. The van der Waals surface area contributed by atoms with E-state index in [9.17, 15) is 9.59 Å². The fourth-order valence-corrected chi connectivity index (χ4v) is 3.26. The third kappa shape index (κ3) is 2.96. The van der Waals surface area contributed by atoms with Crippen molar-refractivity contribution in [2.75, 3.05) is 24.2 Å². The summed E-state index contributed by atoms with van der Waals surface area (Å²) in [6.07, 6.45) is 2.10. The molecular formula is C14H17N3O2S. The van der Waals surface area contributed by atoms with Crippen molar-refractivity contribution in [2.24, 2.45) is 0 Å². The zero-order valence-electron chi connectivity index (χ0n) is 11.1. The number of hydrogen-bond donors (Lipinski definition) is 3. The molecule has 0 bridgehead atoms. The van der Waals surface area contributed by atoms with Crippen molar-refractivity contribution in [3.05, 3.63) is 23.8 Å². The van der Waals surface area contributed by atoms with Gasteiger partial charge in [-0.15, -0.1) is 11.8 Å². The molecule has 0 radical (unpaired) electrons. The van der Waals surface area contributed by atoms with Crippen molar-refractivity contribution < 1.29 is 9.59 Å². The number of amides is 2. The number of carbonyl (C=O) groups is 2. The molecule has 0 aliphatic carbocycles. The number of hydrogen-bond acceptors (Lipinski definition) is 4. The van der Waals surface area contributed by atoms with Gasteiger partial charge in [0.2, 0.25) is 5.91 Å².